The number of esters is 1. The predicted molar refractivity (Wildman–Crippen MR) is 173 cm³/mol. The molecule has 0 aromatic heterocycles. The molecular formula is C36H37F4N3O8. The van der Waals surface area contributed by atoms with E-state index in [1.807, 2.05) is 6.07 Å². The number of carbonyl (C=O) groups is 4. The molecular weight excluding hydrogens is 678 g/mol. The summed E-state index contributed by atoms with van der Waals surface area (Å²) >= 11 is 0. The van der Waals surface area contributed by atoms with E-state index in [1.165, 1.54) is 4.90 Å². The lowest BCUT2D eigenvalue weighted by Gasteiger charge is -2.30. The van der Waals surface area contributed by atoms with Crippen LogP contribution >= 0.6 is 0 Å². The average Bonchev–Trinajstić information content (AvgIpc) is 3.41. The number of nitrogens with one attached hydrogen (secondary N) is 2. The van der Waals surface area contributed by atoms with E-state index in [-0.39, 0.29) is 25.5 Å². The van der Waals surface area contributed by atoms with Gasteiger partial charge in [-0.25, -0.2) is 13.6 Å². The van der Waals surface area contributed by atoms with Crippen molar-refractivity contribution in [3.8, 4) is 5.75 Å². The number of alkyl carbamates (subject to hydrolysis) is 1. The summed E-state index contributed by atoms with van der Waals surface area (Å²) in [7, 11) is 0. The minimum Gasteiger partial charge on any atom is -0.485 e. The normalized spacial score (nSPS) is 17.9. The Kier molecular flexibility index (Phi) is 11.2. The molecule has 15 heteroatoms. The molecule has 0 radical (unpaired) electrons. The molecule has 2 aliphatic rings. The van der Waals surface area contributed by atoms with Crippen LogP contribution in [0.1, 0.15) is 50.3 Å². The summed E-state index contributed by atoms with van der Waals surface area (Å²) in [6.07, 6.45) is -2.75. The number of aryl methyl sites for hydroxylation is 1. The van der Waals surface area contributed by atoms with Gasteiger partial charge < -0.3 is 30.0 Å². The number of ether oxygens (including phenoxy) is 3. The van der Waals surface area contributed by atoms with Crippen molar-refractivity contribution >= 4 is 29.6 Å². The van der Waals surface area contributed by atoms with Gasteiger partial charge in [-0.1, -0.05) is 48.5 Å². The third kappa shape index (κ3) is 8.77. The molecule has 51 heavy (non-hydrogen) atoms. The van der Waals surface area contributed by atoms with E-state index >= 15 is 0 Å². The SMILES string of the molecule is CC(C)(C)OC(=O)CC(NC(=O)C1Cc2cccc3c2N1C(=O)C(NC(=O)OCc1ccccc1)CC3)C(O)COc1c(F)c(F)cc(F)c1F. The third-order valence-corrected chi connectivity index (χ3v) is 8.28. The second-order valence-corrected chi connectivity index (χ2v) is 13.2. The Morgan fingerprint density at radius 3 is 2.31 bits per heavy atom. The maximum absolute atomic E-state index is 14.3. The maximum atomic E-state index is 14.3. The van der Waals surface area contributed by atoms with Crippen molar-refractivity contribution in [2.24, 2.45) is 0 Å². The van der Waals surface area contributed by atoms with Crippen LogP contribution in [0.3, 0.4) is 0 Å². The average molecular weight is 716 g/mol. The summed E-state index contributed by atoms with van der Waals surface area (Å²) in [6, 6.07) is 10.4. The second kappa shape index (κ2) is 15.4. The van der Waals surface area contributed by atoms with Gasteiger partial charge in [0.2, 0.25) is 23.4 Å². The molecule has 0 spiro atoms. The fourth-order valence-electron chi connectivity index (χ4n) is 5.97. The molecule has 0 bridgehead atoms. The molecule has 11 nitrogen and oxygen atoms in total. The van der Waals surface area contributed by atoms with E-state index in [1.54, 1.807) is 63.2 Å². The predicted octanol–water partition coefficient (Wildman–Crippen LogP) is 4.40. The summed E-state index contributed by atoms with van der Waals surface area (Å²) < 4.78 is 71.6. The summed E-state index contributed by atoms with van der Waals surface area (Å²) in [4.78, 5) is 54.8. The van der Waals surface area contributed by atoms with Gasteiger partial charge >= 0.3 is 12.1 Å². The van der Waals surface area contributed by atoms with Crippen molar-refractivity contribution in [1.29, 1.82) is 0 Å². The number of carbonyl (C=O) groups excluding carboxylic acids is 4. The van der Waals surface area contributed by atoms with Crippen LogP contribution in [0.4, 0.5) is 28.0 Å². The van der Waals surface area contributed by atoms with Crippen LogP contribution in [0.15, 0.2) is 54.6 Å². The molecule has 0 saturated carbocycles. The van der Waals surface area contributed by atoms with Gasteiger partial charge in [0.15, 0.2) is 17.4 Å². The second-order valence-electron chi connectivity index (χ2n) is 13.2. The van der Waals surface area contributed by atoms with Crippen molar-refractivity contribution in [1.82, 2.24) is 10.6 Å². The molecule has 2 heterocycles. The number of anilines is 1. The lowest BCUT2D eigenvalue weighted by atomic mass is 10.0. The zero-order valence-electron chi connectivity index (χ0n) is 28.0. The number of rotatable bonds is 11. The smallest absolute Gasteiger partial charge is 0.408 e. The Morgan fingerprint density at radius 1 is 0.980 bits per heavy atom. The highest BCUT2D eigenvalue weighted by molar-refractivity contribution is 6.07. The third-order valence-electron chi connectivity index (χ3n) is 8.28. The summed E-state index contributed by atoms with van der Waals surface area (Å²) in [5.41, 5.74) is 1.68. The van der Waals surface area contributed by atoms with Gasteiger partial charge in [0.1, 0.15) is 37.0 Å². The Balaban J connectivity index is 1.35. The number of para-hydroxylation sites is 1. The Morgan fingerprint density at radius 2 is 1.65 bits per heavy atom. The first-order valence-corrected chi connectivity index (χ1v) is 16.2. The number of benzene rings is 3. The van der Waals surface area contributed by atoms with Crippen molar-refractivity contribution in [2.45, 2.75) is 82.9 Å². The minimum absolute atomic E-state index is 0.0115. The first-order valence-electron chi connectivity index (χ1n) is 16.2. The fourth-order valence-corrected chi connectivity index (χ4v) is 5.97. The van der Waals surface area contributed by atoms with Gasteiger partial charge in [-0.15, -0.1) is 0 Å². The molecule has 3 aromatic carbocycles. The zero-order chi connectivity index (χ0) is 37.0. The molecule has 0 fully saturated rings. The number of aliphatic hydroxyl groups is 1. The molecule has 3 amide bonds. The van der Waals surface area contributed by atoms with Gasteiger partial charge in [-0.2, -0.15) is 8.78 Å². The molecule has 4 unspecified atom stereocenters. The van der Waals surface area contributed by atoms with E-state index in [4.69, 9.17) is 14.2 Å². The van der Waals surface area contributed by atoms with Gasteiger partial charge in [-0.3, -0.25) is 19.3 Å². The fraction of sp³-hybridized carbons (Fsp3) is 0.389. The number of hydrogen-bond donors (Lipinski definition) is 3. The number of amides is 3. The zero-order valence-corrected chi connectivity index (χ0v) is 28.0. The summed E-state index contributed by atoms with van der Waals surface area (Å²) in [5.74, 6) is -10.9. The molecule has 5 rings (SSSR count). The van der Waals surface area contributed by atoms with Crippen LogP contribution in [0.25, 0.3) is 0 Å². The lowest BCUT2D eigenvalue weighted by molar-refractivity contribution is -0.156. The van der Waals surface area contributed by atoms with Crippen LogP contribution in [0.2, 0.25) is 0 Å². The van der Waals surface area contributed by atoms with E-state index in [2.05, 4.69) is 10.6 Å². The summed E-state index contributed by atoms with van der Waals surface area (Å²) in [5, 5.41) is 16.2. The number of halogens is 4. The molecule has 4 atom stereocenters. The standard InChI is InChI=1S/C36H37F4N3O8/c1-36(2,3)51-28(45)16-25(27(44)18-49-32-29(39)22(37)15-23(38)30(32)40)41-33(46)26-14-21-11-7-10-20-12-13-24(34(47)43(26)31(20)21)42-35(48)50-17-19-8-5-4-6-9-19/h4-11,15,24-27,44H,12-14,16-18H2,1-3H3,(H,41,46)(H,42,48). The first-order chi connectivity index (χ1) is 24.1. The van der Waals surface area contributed by atoms with E-state index in [0.717, 1.165) is 11.1 Å². The molecule has 0 saturated heterocycles. The van der Waals surface area contributed by atoms with Crippen molar-refractivity contribution in [2.75, 3.05) is 11.5 Å². The Bertz CT molecular complexity index is 1780. The minimum atomic E-state index is -1.88. The maximum Gasteiger partial charge on any atom is 0.408 e. The number of aliphatic hydroxyl groups excluding tert-OH is 1. The van der Waals surface area contributed by atoms with E-state index in [0.29, 0.717) is 17.7 Å². The summed E-state index contributed by atoms with van der Waals surface area (Å²) in [6.45, 7) is 3.71. The van der Waals surface area contributed by atoms with Crippen LogP contribution in [-0.4, -0.2) is 65.4 Å². The highest BCUT2D eigenvalue weighted by Crippen LogP contribution is 2.39. The van der Waals surface area contributed by atoms with Gasteiger partial charge in [0, 0.05) is 12.5 Å². The van der Waals surface area contributed by atoms with Crippen LogP contribution in [-0.2, 0) is 43.3 Å². The van der Waals surface area contributed by atoms with Crippen molar-refractivity contribution < 1.29 is 56.1 Å². The van der Waals surface area contributed by atoms with Gasteiger partial charge in [0.25, 0.3) is 0 Å². The van der Waals surface area contributed by atoms with Crippen LogP contribution in [0, 0.1) is 23.3 Å². The van der Waals surface area contributed by atoms with Crippen LogP contribution in [0.5, 0.6) is 5.75 Å². The molecule has 2 aliphatic heterocycles. The largest absolute Gasteiger partial charge is 0.485 e. The van der Waals surface area contributed by atoms with E-state index < -0.39 is 95.8 Å². The topological polar surface area (TPSA) is 144 Å². The number of hydrogen-bond acceptors (Lipinski definition) is 8. The van der Waals surface area contributed by atoms with Gasteiger partial charge in [-0.05, 0) is 50.3 Å². The van der Waals surface area contributed by atoms with Crippen LogP contribution < -0.4 is 20.3 Å². The Hall–Kier alpha value is -5.18. The first kappa shape index (κ1) is 37.1. The number of nitrogens with zero attached hydrogens (tertiary/aromatic N) is 1. The van der Waals surface area contributed by atoms with Crippen molar-refractivity contribution in [3.05, 3.63) is 94.6 Å². The van der Waals surface area contributed by atoms with Gasteiger partial charge in [0.05, 0.1) is 18.2 Å². The molecule has 3 N–H and O–H groups in total. The molecule has 272 valence electrons. The highest BCUT2D eigenvalue weighted by Gasteiger charge is 2.45. The highest BCUT2D eigenvalue weighted by atomic mass is 19.2. The molecule has 3 aromatic rings. The molecule has 0 aliphatic carbocycles. The van der Waals surface area contributed by atoms with E-state index in [9.17, 15) is 41.8 Å². The Labute approximate surface area is 290 Å². The monoisotopic (exact) mass is 715 g/mol. The quantitative estimate of drug-likeness (QED) is 0.151. The van der Waals surface area contributed by atoms with Crippen molar-refractivity contribution in [3.63, 3.8) is 0 Å². The lowest BCUT2D eigenvalue weighted by Crippen LogP contribution is -2.57.